The summed E-state index contributed by atoms with van der Waals surface area (Å²) in [4.78, 5) is 0. The molecule has 0 saturated carbocycles. The number of rotatable bonds is 1. The highest BCUT2D eigenvalue weighted by Crippen LogP contribution is 2.35. The highest BCUT2D eigenvalue weighted by molar-refractivity contribution is 6.12. The summed E-state index contributed by atoms with van der Waals surface area (Å²) in [5, 5.41) is 2.80. The van der Waals surface area contributed by atoms with Crippen LogP contribution in [0.15, 0.2) is 54.7 Å². The molecule has 0 bridgehead atoms. The van der Waals surface area contributed by atoms with E-state index in [0.717, 1.165) is 33.2 Å². The third kappa shape index (κ3) is 2.41. The van der Waals surface area contributed by atoms with Crippen LogP contribution in [0.5, 0.6) is 0 Å². The third-order valence-electron chi connectivity index (χ3n) is 5.01. The van der Waals surface area contributed by atoms with Gasteiger partial charge in [-0.3, -0.25) is 0 Å². The smallest absolute Gasteiger partial charge is 0.206 e. The zero-order valence-electron chi connectivity index (χ0n) is 16.9. The second kappa shape index (κ2) is 5.66. The van der Waals surface area contributed by atoms with Crippen molar-refractivity contribution in [2.45, 2.75) is 20.8 Å². The SMILES string of the molecule is [2H]c1c([2H])[n+](C)c(-c2cc(C)cc(C)c2C)c2c1ccc1c(F)cccc12. The van der Waals surface area contributed by atoms with Crippen molar-refractivity contribution in [1.29, 1.82) is 0 Å². The zero-order chi connectivity index (χ0) is 19.5. The van der Waals surface area contributed by atoms with Crippen LogP contribution in [0, 0.1) is 26.6 Å². The van der Waals surface area contributed by atoms with Crippen LogP contribution in [0.3, 0.4) is 0 Å². The molecule has 1 aromatic heterocycles. The molecule has 0 aliphatic carbocycles. The highest BCUT2D eigenvalue weighted by Gasteiger charge is 2.20. The van der Waals surface area contributed by atoms with Gasteiger partial charge in [-0.2, -0.15) is 0 Å². The van der Waals surface area contributed by atoms with E-state index in [1.54, 1.807) is 22.8 Å². The Morgan fingerprint density at radius 3 is 2.60 bits per heavy atom. The Morgan fingerprint density at radius 2 is 1.80 bits per heavy atom. The molecule has 2 heteroatoms. The number of halogens is 1. The van der Waals surface area contributed by atoms with Gasteiger partial charge in [-0.15, -0.1) is 0 Å². The van der Waals surface area contributed by atoms with Crippen molar-refractivity contribution in [1.82, 2.24) is 0 Å². The van der Waals surface area contributed by atoms with Crippen LogP contribution in [0.1, 0.15) is 19.4 Å². The van der Waals surface area contributed by atoms with E-state index >= 15 is 0 Å². The Morgan fingerprint density at radius 1 is 1.00 bits per heavy atom. The quantitative estimate of drug-likeness (QED) is 0.318. The van der Waals surface area contributed by atoms with Crippen LogP contribution in [0.25, 0.3) is 32.8 Å². The standard InChI is InChI=1S/C23H21FN/c1-14-12-15(2)16(3)20(13-14)23-22-17(10-11-25(23)4)8-9-18-19(22)6-5-7-21(18)24/h5-13H,1-4H3/q+1/i10D,11D. The lowest BCUT2D eigenvalue weighted by Gasteiger charge is -2.13. The summed E-state index contributed by atoms with van der Waals surface area (Å²) >= 11 is 0. The maximum Gasteiger partial charge on any atom is 0.221 e. The normalized spacial score (nSPS) is 12.5. The lowest BCUT2D eigenvalue weighted by atomic mass is 9.92. The van der Waals surface area contributed by atoms with Gasteiger partial charge in [0.2, 0.25) is 5.69 Å². The van der Waals surface area contributed by atoms with Crippen LogP contribution >= 0.6 is 0 Å². The number of aromatic nitrogens is 1. The van der Waals surface area contributed by atoms with Gasteiger partial charge in [-0.25, -0.2) is 8.96 Å². The summed E-state index contributed by atoms with van der Waals surface area (Å²) in [7, 11) is 1.81. The molecule has 0 aliphatic rings. The van der Waals surface area contributed by atoms with Gasteiger partial charge in [0.15, 0.2) is 6.17 Å². The number of hydrogen-bond donors (Lipinski definition) is 0. The van der Waals surface area contributed by atoms with Crippen molar-refractivity contribution in [3.05, 3.63) is 77.2 Å². The van der Waals surface area contributed by atoms with Crippen LogP contribution in [-0.2, 0) is 7.05 Å². The van der Waals surface area contributed by atoms with Crippen molar-refractivity contribution in [3.8, 4) is 11.3 Å². The number of aryl methyl sites for hydroxylation is 2. The monoisotopic (exact) mass is 332 g/mol. The van der Waals surface area contributed by atoms with Gasteiger partial charge in [-0.05, 0) is 54.8 Å². The maximum absolute atomic E-state index is 14.4. The summed E-state index contributed by atoms with van der Waals surface area (Å²) in [6.07, 6.45) is 0.145. The van der Waals surface area contributed by atoms with Gasteiger partial charge < -0.3 is 0 Å². The molecule has 0 saturated heterocycles. The third-order valence-corrected chi connectivity index (χ3v) is 5.01. The van der Waals surface area contributed by atoms with E-state index in [-0.39, 0.29) is 18.0 Å². The Balaban J connectivity index is 2.32. The van der Waals surface area contributed by atoms with Crippen molar-refractivity contribution in [2.24, 2.45) is 7.05 Å². The summed E-state index contributed by atoms with van der Waals surface area (Å²) in [5.74, 6) is -0.276. The summed E-state index contributed by atoms with van der Waals surface area (Å²) < 4.78 is 33.1. The van der Waals surface area contributed by atoms with E-state index in [9.17, 15) is 4.39 Å². The summed E-state index contributed by atoms with van der Waals surface area (Å²) in [6.45, 7) is 6.20. The molecule has 4 aromatic rings. The van der Waals surface area contributed by atoms with Gasteiger partial charge in [0.25, 0.3) is 0 Å². The number of nitrogens with zero attached hydrogens (tertiary/aromatic N) is 1. The minimum Gasteiger partial charge on any atom is -0.206 e. The summed E-state index contributed by atoms with van der Waals surface area (Å²) in [6, 6.07) is 12.9. The predicted octanol–water partition coefficient (Wildman–Crippen LogP) is 5.55. The second-order valence-electron chi connectivity index (χ2n) is 6.72. The molecule has 0 atom stereocenters. The topological polar surface area (TPSA) is 3.88 Å². The number of fused-ring (bicyclic) bond motifs is 3. The second-order valence-corrected chi connectivity index (χ2v) is 6.72. The molecular formula is C23H21FN+. The van der Waals surface area contributed by atoms with Crippen LogP contribution in [0.2, 0.25) is 0 Å². The molecule has 0 unspecified atom stereocenters. The zero-order valence-corrected chi connectivity index (χ0v) is 14.9. The Kier molecular flexibility index (Phi) is 3.07. The first-order chi connectivity index (χ1) is 12.8. The molecular weight excluding hydrogens is 309 g/mol. The molecule has 0 spiro atoms. The predicted molar refractivity (Wildman–Crippen MR) is 102 cm³/mol. The fraction of sp³-hybridized carbons (Fsp3) is 0.174. The minimum atomic E-state index is -0.276. The molecule has 0 amide bonds. The van der Waals surface area contributed by atoms with Crippen molar-refractivity contribution < 1.29 is 11.7 Å². The Bertz CT molecular complexity index is 1250. The molecule has 0 radical (unpaired) electrons. The molecule has 0 N–H and O–H groups in total. The van der Waals surface area contributed by atoms with Gasteiger partial charge >= 0.3 is 0 Å². The van der Waals surface area contributed by atoms with E-state index in [4.69, 9.17) is 2.74 Å². The highest BCUT2D eigenvalue weighted by atomic mass is 19.1. The van der Waals surface area contributed by atoms with E-state index in [2.05, 4.69) is 32.9 Å². The molecule has 1 nitrogen and oxygen atoms in total. The Labute approximate surface area is 150 Å². The first-order valence-electron chi connectivity index (χ1n) is 9.39. The maximum atomic E-state index is 14.4. The molecule has 0 aliphatic heterocycles. The number of benzene rings is 3. The lowest BCUT2D eigenvalue weighted by Crippen LogP contribution is -2.31. The van der Waals surface area contributed by atoms with Crippen molar-refractivity contribution in [3.63, 3.8) is 0 Å². The van der Waals surface area contributed by atoms with Crippen LogP contribution in [-0.4, -0.2) is 0 Å². The van der Waals surface area contributed by atoms with Crippen molar-refractivity contribution >= 4 is 21.5 Å². The van der Waals surface area contributed by atoms with Crippen molar-refractivity contribution in [2.75, 3.05) is 0 Å². The molecule has 124 valence electrons. The average molecular weight is 332 g/mol. The van der Waals surface area contributed by atoms with Gasteiger partial charge in [0.05, 0.1) is 12.3 Å². The first-order valence-corrected chi connectivity index (χ1v) is 8.39. The largest absolute Gasteiger partial charge is 0.221 e. The van der Waals surface area contributed by atoms with Gasteiger partial charge in [0, 0.05) is 11.4 Å². The van der Waals surface area contributed by atoms with E-state index in [1.165, 1.54) is 11.6 Å². The number of hydrogen-bond acceptors (Lipinski definition) is 0. The summed E-state index contributed by atoms with van der Waals surface area (Å²) in [5.41, 5.74) is 5.31. The molecule has 1 heterocycles. The first kappa shape index (κ1) is 13.5. The molecule has 0 fully saturated rings. The van der Waals surface area contributed by atoms with E-state index < -0.39 is 0 Å². The van der Waals surface area contributed by atoms with Gasteiger partial charge in [-0.1, -0.05) is 35.9 Å². The number of pyridine rings is 1. The van der Waals surface area contributed by atoms with Crippen LogP contribution in [0.4, 0.5) is 4.39 Å². The lowest BCUT2D eigenvalue weighted by molar-refractivity contribution is -0.659. The average Bonchev–Trinajstić information content (AvgIpc) is 2.64. The Hall–Kier alpha value is -2.74. The van der Waals surface area contributed by atoms with E-state index in [0.29, 0.717) is 10.8 Å². The van der Waals surface area contributed by atoms with Crippen LogP contribution < -0.4 is 4.57 Å². The molecule has 4 rings (SSSR count). The minimum absolute atomic E-state index is 0.145. The molecule has 3 aromatic carbocycles. The molecule has 25 heavy (non-hydrogen) atoms. The fourth-order valence-electron chi connectivity index (χ4n) is 3.65. The van der Waals surface area contributed by atoms with E-state index in [1.807, 2.05) is 13.1 Å². The fourth-order valence-corrected chi connectivity index (χ4v) is 3.65. The van der Waals surface area contributed by atoms with Gasteiger partial charge in [0.1, 0.15) is 14.2 Å².